The third kappa shape index (κ3) is 3.05. The van der Waals surface area contributed by atoms with Gasteiger partial charge in [0.15, 0.2) is 0 Å². The topological polar surface area (TPSA) is 30.7 Å². The zero-order valence-corrected chi connectivity index (χ0v) is 23.5. The van der Waals surface area contributed by atoms with Crippen molar-refractivity contribution in [2.75, 3.05) is 0 Å². The van der Waals surface area contributed by atoms with Crippen LogP contribution in [0.3, 0.4) is 0 Å². The summed E-state index contributed by atoms with van der Waals surface area (Å²) in [5.41, 5.74) is 10.3. The number of hydrogen-bond acceptors (Lipinski definition) is 2. The van der Waals surface area contributed by atoms with E-state index < -0.39 is 0 Å². The third-order valence-corrected chi connectivity index (χ3v) is 9.17. The lowest BCUT2D eigenvalue weighted by Gasteiger charge is -2.36. The first-order valence-corrected chi connectivity index (χ1v) is 14.5. The Balaban J connectivity index is 1.47. The van der Waals surface area contributed by atoms with Gasteiger partial charge in [-0.1, -0.05) is 129 Å². The average molecular weight is 538 g/mol. The SMILES string of the molecule is CC1(C)c2cccc3cccc(c23)-c2ccc3c4ccccc4n(-c4nc(-c5ccccc5)c5ccccc5n4)c3c21. The van der Waals surface area contributed by atoms with Gasteiger partial charge in [-0.3, -0.25) is 4.57 Å². The largest absolute Gasteiger partial charge is 0.278 e. The normalized spacial score (nSPS) is 13.7. The summed E-state index contributed by atoms with van der Waals surface area (Å²) in [5.74, 6) is 0.694. The number of fused-ring (bicyclic) bond motifs is 7. The van der Waals surface area contributed by atoms with Gasteiger partial charge in [-0.15, -0.1) is 0 Å². The number of aromatic nitrogens is 3. The zero-order chi connectivity index (χ0) is 28.0. The predicted octanol–water partition coefficient (Wildman–Crippen LogP) is 9.85. The zero-order valence-electron chi connectivity index (χ0n) is 23.5. The molecule has 1 aliphatic rings. The smallest absolute Gasteiger partial charge is 0.235 e. The summed E-state index contributed by atoms with van der Waals surface area (Å²) in [6.45, 7) is 4.74. The standard InChI is InChI=1S/C39H27N3/c1-39(2)31-19-11-15-24-14-10-18-27(34(24)31)28-22-23-29-26-16-7-9-21-33(26)42(37(29)35(28)39)38-40-32-20-8-6-17-30(32)36(41-38)25-12-4-3-5-13-25/h3-23H,1-2H3. The molecule has 1 aliphatic carbocycles. The molecule has 0 N–H and O–H groups in total. The highest BCUT2D eigenvalue weighted by Gasteiger charge is 2.37. The van der Waals surface area contributed by atoms with Gasteiger partial charge in [-0.05, 0) is 45.2 Å². The summed E-state index contributed by atoms with van der Waals surface area (Å²) in [5, 5.41) is 6.13. The van der Waals surface area contributed by atoms with E-state index in [-0.39, 0.29) is 5.41 Å². The minimum atomic E-state index is -0.242. The molecule has 198 valence electrons. The van der Waals surface area contributed by atoms with Crippen LogP contribution < -0.4 is 0 Å². The Morgan fingerprint density at radius 3 is 2.17 bits per heavy atom. The van der Waals surface area contributed by atoms with E-state index in [1.807, 2.05) is 6.07 Å². The van der Waals surface area contributed by atoms with E-state index in [2.05, 4.69) is 140 Å². The van der Waals surface area contributed by atoms with Crippen LogP contribution in [0.2, 0.25) is 0 Å². The molecular weight excluding hydrogens is 510 g/mol. The van der Waals surface area contributed by atoms with Crippen LogP contribution in [0.25, 0.3) is 71.8 Å². The van der Waals surface area contributed by atoms with Gasteiger partial charge < -0.3 is 0 Å². The lowest BCUT2D eigenvalue weighted by atomic mass is 9.68. The van der Waals surface area contributed by atoms with Gasteiger partial charge in [0.25, 0.3) is 0 Å². The van der Waals surface area contributed by atoms with Crippen molar-refractivity contribution in [3.8, 4) is 28.3 Å². The molecular formula is C39H27N3. The molecule has 0 saturated carbocycles. The fourth-order valence-electron chi connectivity index (χ4n) is 7.32. The van der Waals surface area contributed by atoms with Crippen LogP contribution in [-0.2, 0) is 5.41 Å². The number of para-hydroxylation sites is 2. The predicted molar refractivity (Wildman–Crippen MR) is 174 cm³/mol. The summed E-state index contributed by atoms with van der Waals surface area (Å²) >= 11 is 0. The molecule has 3 nitrogen and oxygen atoms in total. The van der Waals surface area contributed by atoms with Crippen LogP contribution in [0.5, 0.6) is 0 Å². The van der Waals surface area contributed by atoms with Crippen LogP contribution >= 0.6 is 0 Å². The molecule has 0 amide bonds. The van der Waals surface area contributed by atoms with Crippen molar-refractivity contribution in [2.45, 2.75) is 19.3 Å². The molecule has 0 fully saturated rings. The molecule has 9 rings (SSSR count). The molecule has 0 spiro atoms. The molecule has 0 saturated heterocycles. The fraction of sp³-hybridized carbons (Fsp3) is 0.0769. The van der Waals surface area contributed by atoms with Crippen LogP contribution in [-0.4, -0.2) is 14.5 Å². The van der Waals surface area contributed by atoms with Crippen LogP contribution in [0, 0.1) is 0 Å². The molecule has 0 radical (unpaired) electrons. The van der Waals surface area contributed by atoms with Crippen molar-refractivity contribution >= 4 is 43.5 Å². The van der Waals surface area contributed by atoms with E-state index in [1.54, 1.807) is 0 Å². The molecule has 0 atom stereocenters. The molecule has 2 aromatic heterocycles. The highest BCUT2D eigenvalue weighted by Crippen LogP contribution is 2.52. The average Bonchev–Trinajstić information content (AvgIpc) is 3.37. The number of benzene rings is 6. The van der Waals surface area contributed by atoms with E-state index in [0.29, 0.717) is 5.95 Å². The van der Waals surface area contributed by atoms with E-state index in [0.717, 1.165) is 27.7 Å². The first-order valence-electron chi connectivity index (χ1n) is 14.5. The van der Waals surface area contributed by atoms with Gasteiger partial charge >= 0.3 is 0 Å². The lowest BCUT2D eigenvalue weighted by molar-refractivity contribution is 0.648. The second-order valence-corrected chi connectivity index (χ2v) is 11.8. The molecule has 8 aromatic rings. The van der Waals surface area contributed by atoms with E-state index >= 15 is 0 Å². The summed E-state index contributed by atoms with van der Waals surface area (Å²) in [6, 6.07) is 45.5. The highest BCUT2D eigenvalue weighted by molar-refractivity contribution is 6.14. The van der Waals surface area contributed by atoms with Crippen LogP contribution in [0.4, 0.5) is 0 Å². The maximum absolute atomic E-state index is 5.35. The molecule has 42 heavy (non-hydrogen) atoms. The summed E-state index contributed by atoms with van der Waals surface area (Å²) in [6.07, 6.45) is 0. The molecule has 0 bridgehead atoms. The summed E-state index contributed by atoms with van der Waals surface area (Å²) in [4.78, 5) is 10.6. The lowest BCUT2D eigenvalue weighted by Crippen LogP contribution is -2.25. The van der Waals surface area contributed by atoms with E-state index in [4.69, 9.17) is 9.97 Å². The molecule has 6 aromatic carbocycles. The minimum Gasteiger partial charge on any atom is -0.278 e. The summed E-state index contributed by atoms with van der Waals surface area (Å²) in [7, 11) is 0. The van der Waals surface area contributed by atoms with Crippen molar-refractivity contribution in [1.82, 2.24) is 14.5 Å². The highest BCUT2D eigenvalue weighted by atomic mass is 15.2. The molecule has 0 unspecified atom stereocenters. The molecule has 3 heteroatoms. The molecule has 0 aliphatic heterocycles. The van der Waals surface area contributed by atoms with E-state index in [9.17, 15) is 0 Å². The van der Waals surface area contributed by atoms with Gasteiger partial charge in [0.1, 0.15) is 0 Å². The van der Waals surface area contributed by atoms with Crippen LogP contribution in [0.15, 0.2) is 127 Å². The molecule has 2 heterocycles. The van der Waals surface area contributed by atoms with Crippen molar-refractivity contribution in [2.24, 2.45) is 0 Å². The number of hydrogen-bond donors (Lipinski definition) is 0. The van der Waals surface area contributed by atoms with Crippen molar-refractivity contribution in [1.29, 1.82) is 0 Å². The van der Waals surface area contributed by atoms with Crippen molar-refractivity contribution in [3.63, 3.8) is 0 Å². The summed E-state index contributed by atoms with van der Waals surface area (Å²) < 4.78 is 2.32. The Labute approximate surface area is 243 Å². The van der Waals surface area contributed by atoms with Gasteiger partial charge in [0.2, 0.25) is 5.95 Å². The number of nitrogens with zero attached hydrogens (tertiary/aromatic N) is 3. The van der Waals surface area contributed by atoms with Gasteiger partial charge in [0, 0.05) is 27.1 Å². The second kappa shape index (κ2) is 8.37. The van der Waals surface area contributed by atoms with E-state index in [1.165, 1.54) is 49.3 Å². The Bertz CT molecular complexity index is 2370. The van der Waals surface area contributed by atoms with Gasteiger partial charge in [-0.2, -0.15) is 0 Å². The monoisotopic (exact) mass is 537 g/mol. The van der Waals surface area contributed by atoms with Gasteiger partial charge in [-0.25, -0.2) is 9.97 Å². The third-order valence-electron chi connectivity index (χ3n) is 9.17. The first-order chi connectivity index (χ1) is 20.6. The minimum absolute atomic E-state index is 0.242. The Hall–Kier alpha value is -5.28. The maximum atomic E-state index is 5.35. The fourth-order valence-corrected chi connectivity index (χ4v) is 7.32. The Morgan fingerprint density at radius 2 is 1.31 bits per heavy atom. The van der Waals surface area contributed by atoms with Crippen LogP contribution in [0.1, 0.15) is 25.0 Å². The quantitative estimate of drug-likeness (QED) is 0.220. The first kappa shape index (κ1) is 23.4. The second-order valence-electron chi connectivity index (χ2n) is 11.8. The Kier molecular flexibility index (Phi) is 4.67. The van der Waals surface area contributed by atoms with Crippen molar-refractivity contribution < 1.29 is 0 Å². The van der Waals surface area contributed by atoms with Crippen molar-refractivity contribution in [3.05, 3.63) is 139 Å². The Morgan fingerprint density at radius 1 is 0.571 bits per heavy atom. The van der Waals surface area contributed by atoms with Gasteiger partial charge in [0.05, 0.1) is 22.2 Å². The maximum Gasteiger partial charge on any atom is 0.235 e. The number of rotatable bonds is 2.